The van der Waals surface area contributed by atoms with Crippen molar-refractivity contribution in [3.8, 4) is 0 Å². The van der Waals surface area contributed by atoms with E-state index in [0.29, 0.717) is 22.3 Å². The van der Waals surface area contributed by atoms with Crippen molar-refractivity contribution in [2.24, 2.45) is 0 Å². The van der Waals surface area contributed by atoms with Gasteiger partial charge in [0.2, 0.25) is 0 Å². The van der Waals surface area contributed by atoms with Crippen LogP contribution in [0.25, 0.3) is 10.2 Å². The van der Waals surface area contributed by atoms with E-state index < -0.39 is 0 Å². The monoisotopic (exact) mass is 534 g/mol. The second-order valence-corrected chi connectivity index (χ2v) is 9.36. The summed E-state index contributed by atoms with van der Waals surface area (Å²) in [4.78, 5) is 19.8. The van der Waals surface area contributed by atoms with E-state index in [1.165, 1.54) is 11.3 Å². The van der Waals surface area contributed by atoms with Crippen molar-refractivity contribution in [3.63, 3.8) is 0 Å². The van der Waals surface area contributed by atoms with Gasteiger partial charge in [-0.05, 0) is 42.0 Å². The maximum Gasteiger partial charge on any atom is 0.261 e. The number of amides is 1. The summed E-state index contributed by atoms with van der Waals surface area (Å²) in [7, 11) is 0. The van der Waals surface area contributed by atoms with Gasteiger partial charge in [-0.25, -0.2) is 4.98 Å². The van der Waals surface area contributed by atoms with Crippen LogP contribution in [0.4, 0.5) is 5.13 Å². The molecule has 3 nitrogen and oxygen atoms in total. The van der Waals surface area contributed by atoms with Crippen molar-refractivity contribution in [1.82, 2.24) is 4.98 Å². The number of nitrogens with zero attached hydrogens (tertiary/aromatic N) is 2. The Labute approximate surface area is 188 Å². The number of aromatic nitrogens is 1. The highest BCUT2D eigenvalue weighted by molar-refractivity contribution is 9.10. The molecule has 0 unspecified atom stereocenters. The van der Waals surface area contributed by atoms with Crippen molar-refractivity contribution >= 4 is 76.1 Å². The fraction of sp³-hybridized carbons (Fsp3) is 0.0476. The van der Waals surface area contributed by atoms with Gasteiger partial charge in [0, 0.05) is 8.95 Å². The van der Waals surface area contributed by atoms with Gasteiger partial charge in [-0.1, -0.05) is 85.1 Å². The number of hydrogen-bond acceptors (Lipinski definition) is 3. The van der Waals surface area contributed by atoms with Crippen LogP contribution in [0, 0.1) is 0 Å². The second-order valence-electron chi connectivity index (χ2n) is 6.11. The molecule has 4 rings (SSSR count). The topological polar surface area (TPSA) is 33.2 Å². The van der Waals surface area contributed by atoms with Crippen molar-refractivity contribution < 1.29 is 4.79 Å². The minimum absolute atomic E-state index is 0.187. The maximum absolute atomic E-state index is 13.4. The molecule has 0 spiro atoms. The third-order valence-corrected chi connectivity index (χ3v) is 6.51. The smallest absolute Gasteiger partial charge is 0.261 e. The molecule has 0 aliphatic carbocycles. The molecule has 7 heteroatoms. The predicted molar refractivity (Wildman–Crippen MR) is 123 cm³/mol. The minimum Gasteiger partial charge on any atom is -0.279 e. The first-order valence-electron chi connectivity index (χ1n) is 8.38. The van der Waals surface area contributed by atoms with Crippen molar-refractivity contribution in [2.75, 3.05) is 4.90 Å². The fourth-order valence-corrected chi connectivity index (χ4v) is 4.88. The van der Waals surface area contributed by atoms with E-state index in [2.05, 4.69) is 31.9 Å². The van der Waals surface area contributed by atoms with Gasteiger partial charge in [-0.15, -0.1) is 0 Å². The largest absolute Gasteiger partial charge is 0.279 e. The minimum atomic E-state index is -0.187. The van der Waals surface area contributed by atoms with Crippen molar-refractivity contribution in [2.45, 2.75) is 6.54 Å². The zero-order chi connectivity index (χ0) is 19.7. The summed E-state index contributed by atoms with van der Waals surface area (Å²) in [5, 5.41) is 1.05. The molecule has 4 aromatic rings. The number of anilines is 1. The molecule has 0 N–H and O–H groups in total. The highest BCUT2D eigenvalue weighted by atomic mass is 79.9. The number of carbonyl (C=O) groups excluding carboxylic acids is 1. The van der Waals surface area contributed by atoms with E-state index in [1.54, 1.807) is 17.0 Å². The van der Waals surface area contributed by atoms with Crippen LogP contribution in [0.5, 0.6) is 0 Å². The van der Waals surface area contributed by atoms with Crippen LogP contribution >= 0.6 is 54.8 Å². The van der Waals surface area contributed by atoms with Gasteiger partial charge in [0.05, 0.1) is 27.3 Å². The normalized spacial score (nSPS) is 11.0. The molecule has 0 bridgehead atoms. The maximum atomic E-state index is 13.4. The Hall–Kier alpha value is -1.73. The molecule has 0 saturated carbocycles. The first-order chi connectivity index (χ1) is 13.5. The number of thiazole rings is 1. The third kappa shape index (κ3) is 4.15. The van der Waals surface area contributed by atoms with Gasteiger partial charge >= 0.3 is 0 Å². The third-order valence-electron chi connectivity index (χ3n) is 4.16. The Morgan fingerprint density at radius 2 is 1.71 bits per heavy atom. The molecule has 0 radical (unpaired) electrons. The quantitative estimate of drug-likeness (QED) is 0.274. The Balaban J connectivity index is 1.80. The van der Waals surface area contributed by atoms with Gasteiger partial charge < -0.3 is 0 Å². The fourth-order valence-electron chi connectivity index (χ4n) is 2.80. The molecular weight excluding hydrogens is 524 g/mol. The first-order valence-corrected chi connectivity index (χ1v) is 11.2. The van der Waals surface area contributed by atoms with Crippen molar-refractivity contribution in [1.29, 1.82) is 0 Å². The van der Waals surface area contributed by atoms with E-state index in [0.717, 1.165) is 24.7 Å². The number of halogens is 3. The Morgan fingerprint density at radius 1 is 1.00 bits per heavy atom. The molecular formula is C21H13Br2ClN2OS. The summed E-state index contributed by atoms with van der Waals surface area (Å²) >= 11 is 14.7. The predicted octanol–water partition coefficient (Wildman–Crippen LogP) is 7.32. The summed E-state index contributed by atoms with van der Waals surface area (Å²) in [6.07, 6.45) is 0. The van der Waals surface area contributed by atoms with Gasteiger partial charge in [0.15, 0.2) is 5.13 Å². The van der Waals surface area contributed by atoms with Gasteiger partial charge in [0.25, 0.3) is 5.91 Å². The molecule has 0 aliphatic rings. The lowest BCUT2D eigenvalue weighted by Gasteiger charge is -2.21. The lowest BCUT2D eigenvalue weighted by molar-refractivity contribution is 0.0985. The van der Waals surface area contributed by atoms with Gasteiger partial charge in [-0.2, -0.15) is 0 Å². The van der Waals surface area contributed by atoms with E-state index in [1.807, 2.05) is 54.6 Å². The molecule has 140 valence electrons. The number of carbonyl (C=O) groups is 1. The van der Waals surface area contributed by atoms with Crippen LogP contribution in [0.15, 0.2) is 75.7 Å². The SMILES string of the molecule is O=C(c1cc(Br)ccc1Cl)N(Cc1ccccc1)c1nc2ccc(Br)cc2s1. The van der Waals surface area contributed by atoms with Crippen LogP contribution < -0.4 is 4.90 Å². The average Bonchev–Trinajstić information content (AvgIpc) is 3.11. The van der Waals surface area contributed by atoms with Crippen molar-refractivity contribution in [3.05, 3.63) is 91.8 Å². The Bertz CT molecular complexity index is 1160. The highest BCUT2D eigenvalue weighted by Crippen LogP contribution is 2.33. The van der Waals surface area contributed by atoms with E-state index in [-0.39, 0.29) is 5.91 Å². The first kappa shape index (κ1) is 19.6. The van der Waals surface area contributed by atoms with E-state index in [4.69, 9.17) is 16.6 Å². The molecule has 0 saturated heterocycles. The number of fused-ring (bicyclic) bond motifs is 1. The molecule has 0 fully saturated rings. The van der Waals surface area contributed by atoms with Gasteiger partial charge in [-0.3, -0.25) is 9.69 Å². The summed E-state index contributed by atoms with van der Waals surface area (Å²) in [5.41, 5.74) is 2.31. The zero-order valence-corrected chi connectivity index (χ0v) is 19.1. The average molecular weight is 537 g/mol. The van der Waals surface area contributed by atoms with Crippen LogP contribution in [-0.4, -0.2) is 10.9 Å². The Morgan fingerprint density at radius 3 is 2.50 bits per heavy atom. The van der Waals surface area contributed by atoms with Crippen LogP contribution in [0.3, 0.4) is 0 Å². The second kappa shape index (κ2) is 8.33. The van der Waals surface area contributed by atoms with E-state index in [9.17, 15) is 4.79 Å². The van der Waals surface area contributed by atoms with Crippen LogP contribution in [-0.2, 0) is 6.54 Å². The molecule has 0 atom stereocenters. The molecule has 1 amide bonds. The summed E-state index contributed by atoms with van der Waals surface area (Å²) in [6, 6.07) is 21.0. The highest BCUT2D eigenvalue weighted by Gasteiger charge is 2.24. The molecule has 1 aromatic heterocycles. The lowest BCUT2D eigenvalue weighted by Crippen LogP contribution is -2.30. The van der Waals surface area contributed by atoms with Crippen LogP contribution in [0.2, 0.25) is 5.02 Å². The molecule has 0 aliphatic heterocycles. The standard InChI is InChI=1S/C21H13Br2ClN2OS/c22-14-6-8-17(24)16(10-14)20(27)26(12-13-4-2-1-3-5-13)21-25-18-9-7-15(23)11-19(18)28-21/h1-11H,12H2. The molecule has 1 heterocycles. The number of rotatable bonds is 4. The zero-order valence-electron chi connectivity index (χ0n) is 14.4. The summed E-state index contributed by atoms with van der Waals surface area (Å²) in [5.74, 6) is -0.187. The summed E-state index contributed by atoms with van der Waals surface area (Å²) < 4.78 is 2.79. The Kier molecular flexibility index (Phi) is 5.83. The molecule has 3 aromatic carbocycles. The number of benzene rings is 3. The van der Waals surface area contributed by atoms with Crippen LogP contribution in [0.1, 0.15) is 15.9 Å². The lowest BCUT2D eigenvalue weighted by atomic mass is 10.1. The van der Waals surface area contributed by atoms with Gasteiger partial charge in [0.1, 0.15) is 0 Å². The summed E-state index contributed by atoms with van der Waals surface area (Å²) in [6.45, 7) is 0.406. The number of hydrogen-bond donors (Lipinski definition) is 0. The van der Waals surface area contributed by atoms with E-state index >= 15 is 0 Å². The molecule has 28 heavy (non-hydrogen) atoms.